The van der Waals surface area contributed by atoms with Crippen LogP contribution >= 0.6 is 0 Å². The van der Waals surface area contributed by atoms with Gasteiger partial charge in [-0.25, -0.2) is 0 Å². The minimum atomic E-state index is -5.83. The van der Waals surface area contributed by atoms with E-state index in [-0.39, 0.29) is 5.56 Å². The average molecular weight is 424 g/mol. The molecule has 1 aromatic heterocycles. The van der Waals surface area contributed by atoms with Gasteiger partial charge in [0.1, 0.15) is 0 Å². The van der Waals surface area contributed by atoms with Gasteiger partial charge in [0, 0.05) is 42.3 Å². The third kappa shape index (κ3) is 4.00. The zero-order valence-corrected chi connectivity index (χ0v) is 16.6. The lowest BCUT2D eigenvalue weighted by Crippen LogP contribution is -2.28. The van der Waals surface area contributed by atoms with E-state index in [4.69, 9.17) is 0 Å². The van der Waals surface area contributed by atoms with Crippen LogP contribution in [-0.2, 0) is 10.1 Å². The molecule has 0 saturated carbocycles. The minimum Gasteiger partial charge on any atom is -0.375 e. The van der Waals surface area contributed by atoms with E-state index in [0.717, 1.165) is 11.1 Å². The Kier molecular flexibility index (Phi) is 5.70. The summed E-state index contributed by atoms with van der Waals surface area (Å²) in [7, 11) is -5.83. The molecular weight excluding hydrogens is 405 g/mol. The van der Waals surface area contributed by atoms with Crippen molar-refractivity contribution in [2.24, 2.45) is 0 Å². The van der Waals surface area contributed by atoms with Crippen LogP contribution in [-0.4, -0.2) is 32.0 Å². The molecule has 0 aliphatic carbocycles. The summed E-state index contributed by atoms with van der Waals surface area (Å²) in [6.45, 7) is 5.19. The number of benzene rings is 2. The molecule has 0 bridgehead atoms. The zero-order valence-electron chi connectivity index (χ0n) is 15.8. The Morgan fingerprint density at radius 3 is 2.38 bits per heavy atom. The molecule has 5 nitrogen and oxygen atoms in total. The van der Waals surface area contributed by atoms with Crippen LogP contribution < -0.4 is 9.08 Å². The Balaban J connectivity index is 2.33. The summed E-state index contributed by atoms with van der Waals surface area (Å²) in [6, 6.07) is 11.5. The summed E-state index contributed by atoms with van der Waals surface area (Å²) < 4.78 is 66.8. The Bertz CT molecular complexity index is 1130. The summed E-state index contributed by atoms with van der Waals surface area (Å²) in [5.41, 5.74) is -4.09. The monoisotopic (exact) mass is 424 g/mol. The third-order valence-corrected chi connectivity index (χ3v) is 5.51. The van der Waals surface area contributed by atoms with Crippen LogP contribution in [0, 0.1) is 0 Å². The number of rotatable bonds is 6. The number of anilines is 1. The van der Waals surface area contributed by atoms with E-state index in [0.29, 0.717) is 24.0 Å². The molecule has 0 saturated heterocycles. The molecule has 0 amide bonds. The summed E-state index contributed by atoms with van der Waals surface area (Å²) >= 11 is 0. The van der Waals surface area contributed by atoms with E-state index < -0.39 is 21.4 Å². The molecule has 0 unspecified atom stereocenters. The van der Waals surface area contributed by atoms with Crippen molar-refractivity contribution in [3.63, 3.8) is 0 Å². The topological polar surface area (TPSA) is 59.5 Å². The molecule has 0 N–H and O–H groups in total. The summed E-state index contributed by atoms with van der Waals surface area (Å²) in [5, 5.41) is 1.29. The number of fused-ring (bicyclic) bond motifs is 1. The van der Waals surface area contributed by atoms with Gasteiger partial charge in [0.05, 0.1) is 0 Å². The fraction of sp³-hybridized carbons (Fsp3) is 0.250. The lowest BCUT2D eigenvalue weighted by molar-refractivity contribution is -0.0499. The van der Waals surface area contributed by atoms with Crippen molar-refractivity contribution >= 4 is 26.6 Å². The minimum absolute atomic E-state index is 0.242. The van der Waals surface area contributed by atoms with Gasteiger partial charge in [0.25, 0.3) is 0 Å². The second-order valence-electron chi connectivity index (χ2n) is 6.21. The quantitative estimate of drug-likeness (QED) is 0.413. The van der Waals surface area contributed by atoms with Crippen molar-refractivity contribution in [2.75, 3.05) is 18.0 Å². The van der Waals surface area contributed by atoms with Gasteiger partial charge in [-0.1, -0.05) is 30.3 Å². The van der Waals surface area contributed by atoms with Crippen molar-refractivity contribution in [2.45, 2.75) is 19.4 Å². The first kappa shape index (κ1) is 20.9. The predicted molar refractivity (Wildman–Crippen MR) is 106 cm³/mol. The fourth-order valence-electron chi connectivity index (χ4n) is 3.18. The third-order valence-electron chi connectivity index (χ3n) is 4.55. The number of nitrogens with zero attached hydrogens (tertiary/aromatic N) is 2. The van der Waals surface area contributed by atoms with E-state index >= 15 is 0 Å². The van der Waals surface area contributed by atoms with Crippen LogP contribution in [0.5, 0.6) is 5.75 Å². The lowest BCUT2D eigenvalue weighted by atomic mass is 9.97. The van der Waals surface area contributed by atoms with Gasteiger partial charge in [-0.2, -0.15) is 21.6 Å². The second kappa shape index (κ2) is 7.90. The maximum absolute atomic E-state index is 13.0. The molecule has 3 rings (SSSR count). The van der Waals surface area contributed by atoms with E-state index in [1.54, 1.807) is 36.5 Å². The SMILES string of the molecule is CCN(CC)c1ccncc1-c1c(OS(=O)(=O)C(F)(F)F)ccc2ccccc12. The number of halogens is 3. The largest absolute Gasteiger partial charge is 0.534 e. The Hall–Kier alpha value is -2.81. The molecule has 0 fully saturated rings. The summed E-state index contributed by atoms with van der Waals surface area (Å²) in [4.78, 5) is 6.11. The van der Waals surface area contributed by atoms with Crippen LogP contribution in [0.2, 0.25) is 0 Å². The van der Waals surface area contributed by atoms with Crippen LogP contribution in [0.15, 0.2) is 54.9 Å². The lowest BCUT2D eigenvalue weighted by Gasteiger charge is -2.25. The highest BCUT2D eigenvalue weighted by Crippen LogP contribution is 2.42. The molecule has 0 radical (unpaired) electrons. The van der Waals surface area contributed by atoms with E-state index in [2.05, 4.69) is 9.17 Å². The molecule has 0 aliphatic rings. The first-order chi connectivity index (χ1) is 13.7. The van der Waals surface area contributed by atoms with Crippen molar-refractivity contribution in [1.29, 1.82) is 0 Å². The molecule has 154 valence electrons. The molecule has 3 aromatic rings. The van der Waals surface area contributed by atoms with E-state index in [9.17, 15) is 21.6 Å². The van der Waals surface area contributed by atoms with Gasteiger partial charge in [-0.3, -0.25) is 4.98 Å². The van der Waals surface area contributed by atoms with Gasteiger partial charge < -0.3 is 9.08 Å². The molecule has 0 atom stereocenters. The first-order valence-corrected chi connectivity index (χ1v) is 10.3. The van der Waals surface area contributed by atoms with Gasteiger partial charge in [0.2, 0.25) is 0 Å². The van der Waals surface area contributed by atoms with Crippen LogP contribution in [0.1, 0.15) is 13.8 Å². The molecule has 1 heterocycles. The van der Waals surface area contributed by atoms with Gasteiger partial charge in [0.15, 0.2) is 5.75 Å². The highest BCUT2D eigenvalue weighted by Gasteiger charge is 2.49. The maximum atomic E-state index is 13.0. The highest BCUT2D eigenvalue weighted by molar-refractivity contribution is 7.88. The van der Waals surface area contributed by atoms with Crippen molar-refractivity contribution in [3.8, 4) is 16.9 Å². The Morgan fingerprint density at radius 2 is 1.72 bits per heavy atom. The van der Waals surface area contributed by atoms with Crippen LogP contribution in [0.4, 0.5) is 18.9 Å². The Labute approximate surface area is 166 Å². The smallest absolute Gasteiger partial charge is 0.375 e. The number of hydrogen-bond acceptors (Lipinski definition) is 5. The van der Waals surface area contributed by atoms with Crippen LogP contribution in [0.3, 0.4) is 0 Å². The average Bonchev–Trinajstić information content (AvgIpc) is 2.68. The first-order valence-electron chi connectivity index (χ1n) is 8.91. The Morgan fingerprint density at radius 1 is 1.03 bits per heavy atom. The zero-order chi connectivity index (χ0) is 21.2. The van der Waals surface area contributed by atoms with Gasteiger partial charge in [-0.15, -0.1) is 0 Å². The van der Waals surface area contributed by atoms with Crippen molar-refractivity contribution < 1.29 is 25.8 Å². The number of pyridine rings is 1. The summed E-state index contributed by atoms with van der Waals surface area (Å²) in [6.07, 6.45) is 3.08. The molecule has 0 spiro atoms. The fourth-order valence-corrected chi connectivity index (χ4v) is 3.65. The number of aromatic nitrogens is 1. The predicted octanol–water partition coefficient (Wildman–Crippen LogP) is 4.98. The molecule has 9 heteroatoms. The standard InChI is InChI=1S/C20H19F3N2O3S/c1-3-25(4-2)17-11-12-24-13-16(17)19-15-8-6-5-7-14(15)9-10-18(19)28-29(26,27)20(21,22)23/h5-13H,3-4H2,1-2H3. The van der Waals surface area contributed by atoms with Crippen molar-refractivity contribution in [3.05, 3.63) is 54.9 Å². The molecule has 29 heavy (non-hydrogen) atoms. The molecular formula is C20H19F3N2O3S. The highest BCUT2D eigenvalue weighted by atomic mass is 32.2. The van der Waals surface area contributed by atoms with E-state index in [1.807, 2.05) is 18.7 Å². The number of alkyl halides is 3. The number of hydrogen-bond donors (Lipinski definition) is 0. The molecule has 0 aliphatic heterocycles. The van der Waals surface area contributed by atoms with Gasteiger partial charge >= 0.3 is 15.6 Å². The van der Waals surface area contributed by atoms with Crippen LogP contribution in [0.25, 0.3) is 21.9 Å². The normalized spacial score (nSPS) is 12.2. The second-order valence-corrected chi connectivity index (χ2v) is 7.75. The maximum Gasteiger partial charge on any atom is 0.534 e. The van der Waals surface area contributed by atoms with E-state index in [1.165, 1.54) is 18.3 Å². The molecule has 2 aromatic carbocycles. The van der Waals surface area contributed by atoms with Gasteiger partial charge in [-0.05, 0) is 36.8 Å². The summed E-state index contributed by atoms with van der Waals surface area (Å²) in [5.74, 6) is -0.401. The van der Waals surface area contributed by atoms with Crippen molar-refractivity contribution in [1.82, 2.24) is 4.98 Å².